The average molecular weight is 300 g/mol. The Labute approximate surface area is 115 Å². The maximum atomic E-state index is 11.4. The first-order valence-corrected chi connectivity index (χ1v) is 7.04. The molecule has 1 aromatic carbocycles. The molecule has 0 spiro atoms. The molecule has 0 bridgehead atoms. The van der Waals surface area contributed by atoms with Crippen molar-refractivity contribution in [2.75, 3.05) is 6.54 Å². The molecule has 108 valence electrons. The number of amides is 2. The molecule has 1 saturated heterocycles. The third-order valence-corrected chi connectivity index (χ3v) is 3.56. The van der Waals surface area contributed by atoms with E-state index in [1.165, 1.54) is 0 Å². The zero-order chi connectivity index (χ0) is 14.8. The number of β-lactam (4-membered cyclic amide) rings is 1. The van der Waals surface area contributed by atoms with Crippen molar-refractivity contribution in [1.29, 1.82) is 0 Å². The van der Waals surface area contributed by atoms with Gasteiger partial charge in [-0.15, -0.1) is 0 Å². The summed E-state index contributed by atoms with van der Waals surface area (Å²) in [5.74, 6) is -0.899. The van der Waals surface area contributed by atoms with Gasteiger partial charge in [0.2, 0.25) is 0 Å². The Morgan fingerprint density at radius 3 is 2.60 bits per heavy atom. The van der Waals surface area contributed by atoms with Crippen molar-refractivity contribution in [2.45, 2.75) is 12.6 Å². The Morgan fingerprint density at radius 2 is 2.05 bits per heavy atom. The normalized spacial score (nSPS) is 18.4. The van der Waals surface area contributed by atoms with Crippen LogP contribution in [0.1, 0.15) is 5.56 Å². The molecule has 0 aliphatic carbocycles. The lowest BCUT2D eigenvalue weighted by Crippen LogP contribution is -2.65. The van der Waals surface area contributed by atoms with Crippen molar-refractivity contribution in [3.8, 4) is 0 Å². The summed E-state index contributed by atoms with van der Waals surface area (Å²) in [5.41, 5.74) is 0.780. The summed E-state index contributed by atoms with van der Waals surface area (Å²) >= 11 is 0. The zero-order valence-electron chi connectivity index (χ0n) is 10.2. The van der Waals surface area contributed by atoms with Crippen molar-refractivity contribution >= 4 is 22.3 Å². The van der Waals surface area contributed by atoms with Gasteiger partial charge in [-0.25, -0.2) is 9.10 Å². The van der Waals surface area contributed by atoms with Crippen LogP contribution in [0.4, 0.5) is 4.79 Å². The largest absolute Gasteiger partial charge is 0.445 e. The lowest BCUT2D eigenvalue weighted by molar-refractivity contribution is -0.136. The number of nitrogens with zero attached hydrogens (tertiary/aromatic N) is 1. The van der Waals surface area contributed by atoms with Gasteiger partial charge in [0.15, 0.2) is 0 Å². The number of ether oxygens (including phenoxy) is 1. The van der Waals surface area contributed by atoms with E-state index in [9.17, 15) is 18.0 Å². The molecule has 1 heterocycles. The molecule has 0 saturated carbocycles. The highest BCUT2D eigenvalue weighted by Crippen LogP contribution is 2.14. The van der Waals surface area contributed by atoms with Crippen molar-refractivity contribution in [3.63, 3.8) is 0 Å². The fourth-order valence-electron chi connectivity index (χ4n) is 1.62. The topological polar surface area (TPSA) is 113 Å². The molecule has 2 amide bonds. The predicted octanol–water partition coefficient (Wildman–Crippen LogP) is -0.0736. The van der Waals surface area contributed by atoms with E-state index in [0.29, 0.717) is 0 Å². The highest BCUT2D eigenvalue weighted by Gasteiger charge is 2.44. The van der Waals surface area contributed by atoms with Gasteiger partial charge in [0.1, 0.15) is 12.6 Å². The van der Waals surface area contributed by atoms with Crippen LogP contribution in [0.25, 0.3) is 0 Å². The van der Waals surface area contributed by atoms with E-state index in [2.05, 4.69) is 5.32 Å². The van der Waals surface area contributed by atoms with Gasteiger partial charge < -0.3 is 10.1 Å². The molecule has 0 radical (unpaired) electrons. The zero-order valence-corrected chi connectivity index (χ0v) is 11.0. The number of hydrogen-bond acceptors (Lipinski definition) is 5. The van der Waals surface area contributed by atoms with Crippen LogP contribution in [0, 0.1) is 0 Å². The van der Waals surface area contributed by atoms with Crippen LogP contribution in [-0.4, -0.2) is 41.9 Å². The smallest absolute Gasteiger partial charge is 0.408 e. The molecule has 20 heavy (non-hydrogen) atoms. The Kier molecular flexibility index (Phi) is 3.91. The van der Waals surface area contributed by atoms with Gasteiger partial charge in [0.25, 0.3) is 5.91 Å². The van der Waals surface area contributed by atoms with E-state index in [-0.39, 0.29) is 17.5 Å². The number of benzene rings is 1. The number of rotatable bonds is 4. The van der Waals surface area contributed by atoms with E-state index in [4.69, 9.17) is 9.29 Å². The van der Waals surface area contributed by atoms with Crippen molar-refractivity contribution < 1.29 is 27.3 Å². The number of hydrogen-bond donors (Lipinski definition) is 2. The first-order valence-electron chi connectivity index (χ1n) is 5.64. The molecule has 8 nitrogen and oxygen atoms in total. The van der Waals surface area contributed by atoms with Crippen LogP contribution in [0.2, 0.25) is 0 Å². The van der Waals surface area contributed by atoms with Crippen molar-refractivity contribution in [2.24, 2.45) is 0 Å². The number of carbonyl (C=O) groups is 2. The molecule has 1 aromatic rings. The summed E-state index contributed by atoms with van der Waals surface area (Å²) in [6.07, 6.45) is -0.831. The van der Waals surface area contributed by atoms with Crippen LogP contribution in [0.5, 0.6) is 0 Å². The molecular weight excluding hydrogens is 288 g/mol. The first kappa shape index (κ1) is 14.3. The molecule has 1 atom stereocenters. The first-order chi connectivity index (χ1) is 9.38. The fraction of sp³-hybridized carbons (Fsp3) is 0.273. The summed E-state index contributed by atoms with van der Waals surface area (Å²) in [4.78, 5) is 22.7. The molecule has 1 aliphatic heterocycles. The van der Waals surface area contributed by atoms with E-state index in [1.807, 2.05) is 6.07 Å². The summed E-state index contributed by atoms with van der Waals surface area (Å²) in [7, 11) is -4.55. The number of carbonyl (C=O) groups excluding carboxylic acids is 2. The Hall–Kier alpha value is -2.13. The molecule has 0 unspecified atom stereocenters. The second-order valence-corrected chi connectivity index (χ2v) is 5.44. The predicted molar refractivity (Wildman–Crippen MR) is 66.8 cm³/mol. The lowest BCUT2D eigenvalue weighted by atomic mass is 10.2. The quantitative estimate of drug-likeness (QED) is 0.594. The number of nitrogens with one attached hydrogen (secondary N) is 1. The van der Waals surface area contributed by atoms with Gasteiger partial charge in [-0.1, -0.05) is 30.3 Å². The SMILES string of the molecule is O=C(N[C@H]1CN(S(=O)(=O)O)C1=O)OCc1ccccc1. The van der Waals surface area contributed by atoms with Gasteiger partial charge in [-0.05, 0) is 5.56 Å². The Morgan fingerprint density at radius 1 is 1.40 bits per heavy atom. The summed E-state index contributed by atoms with van der Waals surface area (Å²) < 4.78 is 35.1. The minimum Gasteiger partial charge on any atom is -0.445 e. The van der Waals surface area contributed by atoms with Crippen LogP contribution < -0.4 is 5.32 Å². The van der Waals surface area contributed by atoms with Crippen molar-refractivity contribution in [3.05, 3.63) is 35.9 Å². The highest BCUT2D eigenvalue weighted by atomic mass is 32.2. The van der Waals surface area contributed by atoms with Gasteiger partial charge in [0, 0.05) is 0 Å². The van der Waals surface area contributed by atoms with Gasteiger partial charge >= 0.3 is 16.4 Å². The fourth-order valence-corrected chi connectivity index (χ4v) is 2.31. The summed E-state index contributed by atoms with van der Waals surface area (Å²) in [6, 6.07) is 7.93. The third-order valence-electron chi connectivity index (χ3n) is 2.68. The maximum Gasteiger partial charge on any atom is 0.408 e. The second-order valence-electron chi connectivity index (χ2n) is 4.11. The Balaban J connectivity index is 1.78. The van der Waals surface area contributed by atoms with Gasteiger partial charge in [-0.3, -0.25) is 9.35 Å². The van der Waals surface area contributed by atoms with Gasteiger partial charge in [-0.2, -0.15) is 8.42 Å². The molecule has 1 aliphatic rings. The third kappa shape index (κ3) is 3.25. The number of alkyl carbamates (subject to hydrolysis) is 1. The van der Waals surface area contributed by atoms with Gasteiger partial charge in [0.05, 0.1) is 6.54 Å². The molecule has 0 aromatic heterocycles. The van der Waals surface area contributed by atoms with E-state index in [0.717, 1.165) is 5.56 Å². The van der Waals surface area contributed by atoms with E-state index < -0.39 is 28.3 Å². The van der Waals surface area contributed by atoms with Crippen LogP contribution in [-0.2, 0) is 26.4 Å². The van der Waals surface area contributed by atoms with E-state index >= 15 is 0 Å². The lowest BCUT2D eigenvalue weighted by Gasteiger charge is -2.34. The molecule has 9 heteroatoms. The minimum absolute atomic E-state index is 0.0373. The van der Waals surface area contributed by atoms with Crippen LogP contribution in [0.15, 0.2) is 30.3 Å². The molecule has 2 N–H and O–H groups in total. The monoisotopic (exact) mass is 300 g/mol. The summed E-state index contributed by atoms with van der Waals surface area (Å²) in [5, 5.41) is 2.21. The van der Waals surface area contributed by atoms with Crippen LogP contribution >= 0.6 is 0 Å². The second kappa shape index (κ2) is 5.47. The molecular formula is C11H12N2O6S. The Bertz CT molecular complexity index is 615. The summed E-state index contributed by atoms with van der Waals surface area (Å²) in [6.45, 7) is -0.270. The molecule has 2 rings (SSSR count). The molecule has 1 fully saturated rings. The average Bonchev–Trinajstić information content (AvgIpc) is 2.40. The standard InChI is InChI=1S/C11H12N2O6S/c14-10-9(6-13(10)20(16,17)18)12-11(15)19-7-8-4-2-1-3-5-8/h1-5,9H,6-7H2,(H,12,15)(H,16,17,18)/t9-/m0/s1. The highest BCUT2D eigenvalue weighted by molar-refractivity contribution is 7.84. The van der Waals surface area contributed by atoms with Crippen LogP contribution in [0.3, 0.4) is 0 Å². The maximum absolute atomic E-state index is 11.4. The minimum atomic E-state index is -4.55. The van der Waals surface area contributed by atoms with Crippen molar-refractivity contribution in [1.82, 2.24) is 9.62 Å². The van der Waals surface area contributed by atoms with E-state index in [1.54, 1.807) is 24.3 Å².